The molecule has 3 aromatic rings. The molecule has 0 radical (unpaired) electrons. The minimum absolute atomic E-state index is 0.141. The Balaban J connectivity index is 1.83. The Labute approximate surface area is 137 Å². The van der Waals surface area contributed by atoms with Crippen molar-refractivity contribution in [1.82, 2.24) is 24.7 Å². The number of hydrogen-bond donors (Lipinski definition) is 2. The van der Waals surface area contributed by atoms with Crippen molar-refractivity contribution in [2.75, 3.05) is 13.2 Å². The highest BCUT2D eigenvalue weighted by molar-refractivity contribution is 5.88. The molecule has 1 aromatic carbocycles. The number of aromatic nitrogens is 5. The molecule has 1 fully saturated rings. The standard InChI is InChI=1S/C16H15N5O3/c22-16(23)10-2-1-3-12(8-10)21-15(14-17-5-6-18-14)19-13(20-21)11-4-7-24-9-11/h1-3,5-6,8,11H,4,7,9H2,(H,17,18)(H,22,23). The maximum Gasteiger partial charge on any atom is 0.335 e. The summed E-state index contributed by atoms with van der Waals surface area (Å²) >= 11 is 0. The van der Waals surface area contributed by atoms with Crippen molar-refractivity contribution in [2.24, 2.45) is 0 Å². The van der Waals surface area contributed by atoms with E-state index in [0.29, 0.717) is 36.4 Å². The molecule has 3 heterocycles. The second-order valence-electron chi connectivity index (χ2n) is 5.56. The third-order valence-corrected chi connectivity index (χ3v) is 3.97. The molecule has 0 bridgehead atoms. The Morgan fingerprint density at radius 3 is 3.04 bits per heavy atom. The van der Waals surface area contributed by atoms with E-state index in [1.807, 2.05) is 0 Å². The van der Waals surface area contributed by atoms with E-state index in [2.05, 4.69) is 20.1 Å². The fraction of sp³-hybridized carbons (Fsp3) is 0.250. The summed E-state index contributed by atoms with van der Waals surface area (Å²) in [6.45, 7) is 1.29. The molecule has 8 heteroatoms. The molecule has 2 aromatic heterocycles. The van der Waals surface area contributed by atoms with Crippen LogP contribution in [0.25, 0.3) is 17.3 Å². The molecule has 8 nitrogen and oxygen atoms in total. The van der Waals surface area contributed by atoms with Crippen molar-refractivity contribution >= 4 is 5.97 Å². The highest BCUT2D eigenvalue weighted by Gasteiger charge is 2.25. The van der Waals surface area contributed by atoms with Crippen LogP contribution in [0, 0.1) is 0 Å². The van der Waals surface area contributed by atoms with E-state index in [4.69, 9.17) is 4.74 Å². The maximum absolute atomic E-state index is 11.2. The molecule has 1 saturated heterocycles. The highest BCUT2D eigenvalue weighted by atomic mass is 16.5. The number of benzene rings is 1. The number of carboxylic acid groups (broad SMARTS) is 1. The van der Waals surface area contributed by atoms with Crippen LogP contribution in [0.3, 0.4) is 0 Å². The van der Waals surface area contributed by atoms with Crippen molar-refractivity contribution in [3.05, 3.63) is 48.0 Å². The summed E-state index contributed by atoms with van der Waals surface area (Å²) in [6, 6.07) is 6.59. The van der Waals surface area contributed by atoms with E-state index in [9.17, 15) is 9.90 Å². The number of aromatic amines is 1. The number of carbonyl (C=O) groups is 1. The van der Waals surface area contributed by atoms with E-state index >= 15 is 0 Å². The SMILES string of the molecule is O=C(O)c1cccc(-n2nc(C3CCOC3)nc2-c2ncc[nH]2)c1. The minimum Gasteiger partial charge on any atom is -0.478 e. The van der Waals surface area contributed by atoms with Crippen molar-refractivity contribution in [3.8, 4) is 17.3 Å². The molecule has 0 saturated carbocycles. The van der Waals surface area contributed by atoms with Gasteiger partial charge in [-0.3, -0.25) is 0 Å². The van der Waals surface area contributed by atoms with Gasteiger partial charge in [0, 0.05) is 24.9 Å². The molecule has 1 aliphatic heterocycles. The molecule has 1 atom stereocenters. The fourth-order valence-corrected chi connectivity index (χ4v) is 2.73. The zero-order valence-corrected chi connectivity index (χ0v) is 12.7. The molecule has 24 heavy (non-hydrogen) atoms. The van der Waals surface area contributed by atoms with Crippen LogP contribution in [-0.2, 0) is 4.74 Å². The smallest absolute Gasteiger partial charge is 0.335 e. The third-order valence-electron chi connectivity index (χ3n) is 3.97. The van der Waals surface area contributed by atoms with Crippen molar-refractivity contribution in [2.45, 2.75) is 12.3 Å². The summed E-state index contributed by atoms with van der Waals surface area (Å²) in [7, 11) is 0. The van der Waals surface area contributed by atoms with Gasteiger partial charge in [0.15, 0.2) is 17.5 Å². The quantitative estimate of drug-likeness (QED) is 0.758. The number of carboxylic acids is 1. The number of H-pyrrole nitrogens is 1. The zero-order valence-electron chi connectivity index (χ0n) is 12.7. The summed E-state index contributed by atoms with van der Waals surface area (Å²) in [5, 5.41) is 13.8. The van der Waals surface area contributed by atoms with E-state index in [1.54, 1.807) is 41.3 Å². The van der Waals surface area contributed by atoms with Gasteiger partial charge in [-0.25, -0.2) is 19.4 Å². The predicted octanol–water partition coefficient (Wildman–Crippen LogP) is 1.86. The van der Waals surface area contributed by atoms with Crippen LogP contribution < -0.4 is 0 Å². The molecule has 0 amide bonds. The fourth-order valence-electron chi connectivity index (χ4n) is 2.73. The second-order valence-corrected chi connectivity index (χ2v) is 5.56. The number of imidazole rings is 1. The van der Waals surface area contributed by atoms with Crippen LogP contribution in [0.4, 0.5) is 0 Å². The van der Waals surface area contributed by atoms with Gasteiger partial charge in [0.1, 0.15) is 0 Å². The van der Waals surface area contributed by atoms with Gasteiger partial charge in [0.05, 0.1) is 17.9 Å². The molecule has 1 aliphatic rings. The lowest BCUT2D eigenvalue weighted by molar-refractivity contribution is 0.0697. The van der Waals surface area contributed by atoms with Crippen LogP contribution in [0.2, 0.25) is 0 Å². The summed E-state index contributed by atoms with van der Waals surface area (Å²) in [5.74, 6) is 0.959. The monoisotopic (exact) mass is 325 g/mol. The highest BCUT2D eigenvalue weighted by Crippen LogP contribution is 2.26. The second kappa shape index (κ2) is 5.89. The van der Waals surface area contributed by atoms with Gasteiger partial charge in [-0.15, -0.1) is 0 Å². The first kappa shape index (κ1) is 14.6. The molecular weight excluding hydrogens is 310 g/mol. The Morgan fingerprint density at radius 2 is 2.33 bits per heavy atom. The number of ether oxygens (including phenoxy) is 1. The van der Waals surface area contributed by atoms with Gasteiger partial charge in [0.25, 0.3) is 0 Å². The lowest BCUT2D eigenvalue weighted by atomic mass is 10.1. The van der Waals surface area contributed by atoms with Gasteiger partial charge >= 0.3 is 5.97 Å². The summed E-state index contributed by atoms with van der Waals surface area (Å²) < 4.78 is 7.04. The lowest BCUT2D eigenvalue weighted by Crippen LogP contribution is -2.04. The largest absolute Gasteiger partial charge is 0.478 e. The van der Waals surface area contributed by atoms with Gasteiger partial charge in [-0.1, -0.05) is 6.07 Å². The molecule has 1 unspecified atom stereocenters. The third kappa shape index (κ3) is 2.56. The van der Waals surface area contributed by atoms with E-state index < -0.39 is 5.97 Å². The van der Waals surface area contributed by atoms with Crippen LogP contribution >= 0.6 is 0 Å². The molecule has 2 N–H and O–H groups in total. The maximum atomic E-state index is 11.2. The molecule has 122 valence electrons. The van der Waals surface area contributed by atoms with Crippen molar-refractivity contribution in [3.63, 3.8) is 0 Å². The summed E-state index contributed by atoms with van der Waals surface area (Å²) in [5.41, 5.74) is 0.818. The Morgan fingerprint density at radius 1 is 1.42 bits per heavy atom. The molecule has 4 rings (SSSR count). The van der Waals surface area contributed by atoms with Gasteiger partial charge in [-0.2, -0.15) is 5.10 Å². The Bertz CT molecular complexity index is 866. The molecular formula is C16H15N5O3. The summed E-state index contributed by atoms with van der Waals surface area (Å²) in [6.07, 6.45) is 4.22. The first-order chi connectivity index (χ1) is 11.7. The summed E-state index contributed by atoms with van der Waals surface area (Å²) in [4.78, 5) is 23.1. The normalized spacial score (nSPS) is 17.2. The van der Waals surface area contributed by atoms with Crippen LogP contribution in [-0.4, -0.2) is 49.0 Å². The average molecular weight is 325 g/mol. The minimum atomic E-state index is -0.985. The van der Waals surface area contributed by atoms with Crippen molar-refractivity contribution < 1.29 is 14.6 Å². The zero-order chi connectivity index (χ0) is 16.5. The van der Waals surface area contributed by atoms with Crippen LogP contribution in [0.5, 0.6) is 0 Å². The number of aromatic carboxylic acids is 1. The molecule has 0 aliphatic carbocycles. The predicted molar refractivity (Wildman–Crippen MR) is 84.1 cm³/mol. The van der Waals surface area contributed by atoms with E-state index in [-0.39, 0.29) is 11.5 Å². The first-order valence-corrected chi connectivity index (χ1v) is 7.60. The van der Waals surface area contributed by atoms with E-state index in [0.717, 1.165) is 6.42 Å². The van der Waals surface area contributed by atoms with E-state index in [1.165, 1.54) is 0 Å². The Kier molecular flexibility index (Phi) is 3.58. The van der Waals surface area contributed by atoms with Gasteiger partial charge in [-0.05, 0) is 24.6 Å². The number of rotatable bonds is 4. The number of nitrogens with zero attached hydrogens (tertiary/aromatic N) is 4. The van der Waals surface area contributed by atoms with Crippen molar-refractivity contribution in [1.29, 1.82) is 0 Å². The topological polar surface area (TPSA) is 106 Å². The first-order valence-electron chi connectivity index (χ1n) is 7.60. The van der Waals surface area contributed by atoms with Crippen LogP contribution in [0.15, 0.2) is 36.7 Å². The molecule has 0 spiro atoms. The van der Waals surface area contributed by atoms with Gasteiger partial charge < -0.3 is 14.8 Å². The Hall–Kier alpha value is -3.00. The number of hydrogen-bond acceptors (Lipinski definition) is 5. The average Bonchev–Trinajstić information content (AvgIpc) is 3.33. The lowest BCUT2D eigenvalue weighted by Gasteiger charge is -2.05. The van der Waals surface area contributed by atoms with Crippen LogP contribution in [0.1, 0.15) is 28.5 Å². The van der Waals surface area contributed by atoms with Gasteiger partial charge in [0.2, 0.25) is 0 Å². The number of nitrogens with one attached hydrogen (secondary N) is 1.